The molecule has 1 amide bonds. The van der Waals surface area contributed by atoms with E-state index in [1.807, 2.05) is 0 Å². The molecule has 1 aliphatic carbocycles. The van der Waals surface area contributed by atoms with E-state index in [1.54, 1.807) is 0 Å². The largest absolute Gasteiger partial charge is 0.390 e. The zero-order chi connectivity index (χ0) is 12.5. The highest BCUT2D eigenvalue weighted by molar-refractivity contribution is 5.86. The van der Waals surface area contributed by atoms with Gasteiger partial charge in [-0.15, -0.1) is 0 Å². The first-order chi connectivity index (χ1) is 8.24. The minimum Gasteiger partial charge on any atom is -0.390 e. The molecule has 0 aromatic rings. The van der Waals surface area contributed by atoms with Crippen molar-refractivity contribution >= 4 is 5.91 Å². The van der Waals surface area contributed by atoms with Gasteiger partial charge in [0.05, 0.1) is 12.2 Å². The van der Waals surface area contributed by atoms with Crippen LogP contribution in [0.5, 0.6) is 0 Å². The second-order valence-electron chi connectivity index (χ2n) is 4.46. The number of carbonyl (C=O) groups excluding carboxylic acids is 1. The average Bonchev–Trinajstić information content (AvgIpc) is 2.35. The smallest absolute Gasteiger partial charge is 0.243 e. The van der Waals surface area contributed by atoms with Crippen LogP contribution in [0, 0.1) is 0 Å². The Morgan fingerprint density at radius 1 is 1.41 bits per heavy atom. The molecule has 4 heteroatoms. The summed E-state index contributed by atoms with van der Waals surface area (Å²) in [4.78, 5) is 10.8. The summed E-state index contributed by atoms with van der Waals surface area (Å²) in [6, 6.07) is 0. The minimum absolute atomic E-state index is 0.0199. The number of amides is 1. The lowest BCUT2D eigenvalue weighted by Crippen LogP contribution is -2.32. The van der Waals surface area contributed by atoms with Crippen LogP contribution in [0.4, 0.5) is 0 Å². The predicted octanol–water partition coefficient (Wildman–Crippen LogP) is 1.39. The minimum atomic E-state index is -0.288. The van der Waals surface area contributed by atoms with E-state index in [9.17, 15) is 9.90 Å². The van der Waals surface area contributed by atoms with E-state index in [1.165, 1.54) is 6.08 Å². The number of nitrogens with one attached hydrogen (secondary N) is 1. The van der Waals surface area contributed by atoms with Gasteiger partial charge >= 0.3 is 0 Å². The SMILES string of the molecule is C=CC(=O)NCCCCOC1CCCCC1O. The van der Waals surface area contributed by atoms with Crippen LogP contribution in [-0.4, -0.2) is 36.4 Å². The zero-order valence-electron chi connectivity index (χ0n) is 10.4. The van der Waals surface area contributed by atoms with Gasteiger partial charge in [0.2, 0.25) is 5.91 Å². The third kappa shape index (κ3) is 5.84. The van der Waals surface area contributed by atoms with Gasteiger partial charge in [-0.25, -0.2) is 0 Å². The van der Waals surface area contributed by atoms with Crippen molar-refractivity contribution in [1.29, 1.82) is 0 Å². The highest BCUT2D eigenvalue weighted by Gasteiger charge is 2.22. The van der Waals surface area contributed by atoms with Gasteiger partial charge in [0.15, 0.2) is 0 Å². The molecule has 2 N–H and O–H groups in total. The molecule has 1 rings (SSSR count). The summed E-state index contributed by atoms with van der Waals surface area (Å²) in [5.74, 6) is -0.131. The molecule has 1 fully saturated rings. The number of hydrogen-bond acceptors (Lipinski definition) is 3. The number of aliphatic hydroxyl groups is 1. The van der Waals surface area contributed by atoms with E-state index in [0.717, 1.165) is 38.5 Å². The molecule has 0 spiro atoms. The molecule has 2 unspecified atom stereocenters. The van der Waals surface area contributed by atoms with Gasteiger partial charge < -0.3 is 15.2 Å². The monoisotopic (exact) mass is 241 g/mol. The summed E-state index contributed by atoms with van der Waals surface area (Å²) in [5.41, 5.74) is 0. The number of ether oxygens (including phenoxy) is 1. The molecule has 2 atom stereocenters. The fourth-order valence-corrected chi connectivity index (χ4v) is 2.02. The van der Waals surface area contributed by atoms with Crippen molar-refractivity contribution < 1.29 is 14.6 Å². The van der Waals surface area contributed by atoms with Gasteiger partial charge in [-0.3, -0.25) is 4.79 Å². The number of rotatable bonds is 7. The molecule has 0 aromatic heterocycles. The summed E-state index contributed by atoms with van der Waals surface area (Å²) in [6.45, 7) is 4.69. The van der Waals surface area contributed by atoms with E-state index in [0.29, 0.717) is 13.2 Å². The van der Waals surface area contributed by atoms with E-state index in [4.69, 9.17) is 4.74 Å². The third-order valence-corrected chi connectivity index (χ3v) is 3.06. The van der Waals surface area contributed by atoms with Crippen LogP contribution in [0.25, 0.3) is 0 Å². The second-order valence-corrected chi connectivity index (χ2v) is 4.46. The lowest BCUT2D eigenvalue weighted by atomic mass is 9.95. The molecule has 0 bridgehead atoms. The maximum atomic E-state index is 10.8. The maximum Gasteiger partial charge on any atom is 0.243 e. The summed E-state index contributed by atoms with van der Waals surface area (Å²) in [5, 5.41) is 12.4. The van der Waals surface area contributed by atoms with E-state index < -0.39 is 0 Å². The highest BCUT2D eigenvalue weighted by atomic mass is 16.5. The molecule has 0 heterocycles. The van der Waals surface area contributed by atoms with Gasteiger partial charge in [-0.05, 0) is 31.8 Å². The first kappa shape index (κ1) is 14.2. The molecule has 0 saturated heterocycles. The quantitative estimate of drug-likeness (QED) is 0.523. The van der Waals surface area contributed by atoms with E-state index in [2.05, 4.69) is 11.9 Å². The van der Waals surface area contributed by atoms with Crippen LogP contribution < -0.4 is 5.32 Å². The lowest BCUT2D eigenvalue weighted by Gasteiger charge is -2.27. The van der Waals surface area contributed by atoms with Gasteiger partial charge in [0, 0.05) is 13.2 Å². The van der Waals surface area contributed by atoms with Crippen molar-refractivity contribution in [2.75, 3.05) is 13.2 Å². The van der Waals surface area contributed by atoms with Crippen LogP contribution in [0.2, 0.25) is 0 Å². The first-order valence-electron chi connectivity index (χ1n) is 6.44. The van der Waals surface area contributed by atoms with Gasteiger partial charge in [0.25, 0.3) is 0 Å². The van der Waals surface area contributed by atoms with Crippen LogP contribution in [0.15, 0.2) is 12.7 Å². The van der Waals surface area contributed by atoms with Gasteiger partial charge in [-0.1, -0.05) is 19.4 Å². The summed E-state index contributed by atoms with van der Waals surface area (Å²) < 4.78 is 5.65. The van der Waals surface area contributed by atoms with Crippen molar-refractivity contribution in [2.24, 2.45) is 0 Å². The zero-order valence-corrected chi connectivity index (χ0v) is 10.4. The third-order valence-electron chi connectivity index (χ3n) is 3.06. The fourth-order valence-electron chi connectivity index (χ4n) is 2.02. The number of unbranched alkanes of at least 4 members (excludes halogenated alkanes) is 1. The molecule has 0 aromatic carbocycles. The van der Waals surface area contributed by atoms with E-state index >= 15 is 0 Å². The fraction of sp³-hybridized carbons (Fsp3) is 0.769. The van der Waals surface area contributed by atoms with Crippen LogP contribution in [0.3, 0.4) is 0 Å². The van der Waals surface area contributed by atoms with E-state index in [-0.39, 0.29) is 18.1 Å². The topological polar surface area (TPSA) is 58.6 Å². The Balaban J connectivity index is 1.96. The summed E-state index contributed by atoms with van der Waals surface area (Å²) in [7, 11) is 0. The first-order valence-corrected chi connectivity index (χ1v) is 6.44. The Hall–Kier alpha value is -0.870. The molecule has 1 saturated carbocycles. The van der Waals surface area contributed by atoms with Crippen molar-refractivity contribution in [3.05, 3.63) is 12.7 Å². The highest BCUT2D eigenvalue weighted by Crippen LogP contribution is 2.21. The number of aliphatic hydroxyl groups excluding tert-OH is 1. The molecule has 17 heavy (non-hydrogen) atoms. The normalized spacial score (nSPS) is 24.3. The predicted molar refractivity (Wildman–Crippen MR) is 66.7 cm³/mol. The van der Waals surface area contributed by atoms with Crippen molar-refractivity contribution in [3.63, 3.8) is 0 Å². The van der Waals surface area contributed by atoms with Crippen LogP contribution in [-0.2, 0) is 9.53 Å². The Morgan fingerprint density at radius 2 is 2.18 bits per heavy atom. The number of carbonyl (C=O) groups is 1. The Morgan fingerprint density at radius 3 is 2.88 bits per heavy atom. The molecule has 4 nitrogen and oxygen atoms in total. The van der Waals surface area contributed by atoms with Crippen molar-refractivity contribution in [3.8, 4) is 0 Å². The lowest BCUT2D eigenvalue weighted by molar-refractivity contribution is -0.116. The van der Waals surface area contributed by atoms with Crippen molar-refractivity contribution in [2.45, 2.75) is 50.7 Å². The Labute approximate surface area is 103 Å². The standard InChI is InChI=1S/C13H23NO3/c1-2-13(16)14-9-5-6-10-17-12-8-4-3-7-11(12)15/h2,11-12,15H,1,3-10H2,(H,14,16). The van der Waals surface area contributed by atoms with Crippen molar-refractivity contribution in [1.82, 2.24) is 5.32 Å². The molecule has 0 radical (unpaired) electrons. The second kappa shape index (κ2) is 8.25. The van der Waals surface area contributed by atoms with Crippen LogP contribution in [0.1, 0.15) is 38.5 Å². The molecule has 98 valence electrons. The molecular formula is C13H23NO3. The Kier molecular flexibility index (Phi) is 6.89. The Bertz CT molecular complexity index is 243. The van der Waals surface area contributed by atoms with Gasteiger partial charge in [0.1, 0.15) is 0 Å². The molecule has 0 aliphatic heterocycles. The van der Waals surface area contributed by atoms with Gasteiger partial charge in [-0.2, -0.15) is 0 Å². The van der Waals surface area contributed by atoms with Crippen LogP contribution >= 0.6 is 0 Å². The maximum absolute atomic E-state index is 10.8. The summed E-state index contributed by atoms with van der Waals surface area (Å²) >= 11 is 0. The average molecular weight is 241 g/mol. The molecule has 1 aliphatic rings. The number of hydrogen-bond donors (Lipinski definition) is 2. The molecular weight excluding hydrogens is 218 g/mol. The summed E-state index contributed by atoms with van der Waals surface area (Å²) in [6.07, 6.45) is 6.88.